The summed E-state index contributed by atoms with van der Waals surface area (Å²) in [6.07, 6.45) is 3.82. The van der Waals surface area contributed by atoms with Crippen molar-refractivity contribution in [2.24, 2.45) is 5.92 Å². The molecule has 37 heavy (non-hydrogen) atoms. The maximum absolute atomic E-state index is 14.5. The summed E-state index contributed by atoms with van der Waals surface area (Å²) in [5.41, 5.74) is 3.35. The summed E-state index contributed by atoms with van der Waals surface area (Å²) in [5, 5.41) is 10.6. The van der Waals surface area contributed by atoms with E-state index in [9.17, 15) is 17.9 Å². The minimum Gasteiger partial charge on any atom is -0.390 e. The number of benzene rings is 3. The van der Waals surface area contributed by atoms with Gasteiger partial charge in [0.25, 0.3) is 10.0 Å². The van der Waals surface area contributed by atoms with Crippen LogP contribution in [-0.4, -0.2) is 25.7 Å². The van der Waals surface area contributed by atoms with Gasteiger partial charge in [-0.1, -0.05) is 48.0 Å². The number of nitrogens with zero attached hydrogens (tertiary/aromatic N) is 1. The maximum atomic E-state index is 14.5. The number of allylic oxidation sites excluding steroid dienone is 1. The molecule has 0 bridgehead atoms. The minimum absolute atomic E-state index is 0.0684. The molecule has 1 atom stereocenters. The first-order valence-corrected chi connectivity index (χ1v) is 14.2. The van der Waals surface area contributed by atoms with E-state index in [0.717, 1.165) is 16.7 Å². The Balaban J connectivity index is 1.77. The van der Waals surface area contributed by atoms with E-state index >= 15 is 0 Å². The molecule has 0 amide bonds. The van der Waals surface area contributed by atoms with Crippen LogP contribution in [0.3, 0.4) is 0 Å². The van der Waals surface area contributed by atoms with Crippen LogP contribution < -0.4 is 4.31 Å². The molecule has 196 valence electrons. The molecule has 1 N–H and O–H groups in total. The van der Waals surface area contributed by atoms with E-state index in [4.69, 9.17) is 11.6 Å². The molecule has 0 unspecified atom stereocenters. The number of hydrogen-bond acceptors (Lipinski definition) is 3. The lowest BCUT2D eigenvalue weighted by atomic mass is 9.87. The van der Waals surface area contributed by atoms with E-state index in [1.807, 2.05) is 37.3 Å². The first-order chi connectivity index (χ1) is 17.3. The Bertz CT molecular complexity index is 1420. The summed E-state index contributed by atoms with van der Waals surface area (Å²) in [5.74, 6) is -0.337. The van der Waals surface area contributed by atoms with Crippen molar-refractivity contribution in [2.75, 3.05) is 10.8 Å². The lowest BCUT2D eigenvalue weighted by Gasteiger charge is -2.36. The predicted octanol–water partition coefficient (Wildman–Crippen LogP) is 7.27. The van der Waals surface area contributed by atoms with Crippen LogP contribution >= 0.6 is 11.6 Å². The van der Waals surface area contributed by atoms with E-state index < -0.39 is 21.4 Å². The summed E-state index contributed by atoms with van der Waals surface area (Å²) in [4.78, 5) is 0.247. The Morgan fingerprint density at radius 1 is 1.16 bits per heavy atom. The highest BCUT2D eigenvalue weighted by atomic mass is 35.5. The fourth-order valence-electron chi connectivity index (χ4n) is 4.86. The lowest BCUT2D eigenvalue weighted by Crippen LogP contribution is -2.40. The number of sulfonamides is 1. The van der Waals surface area contributed by atoms with Crippen LogP contribution in [0.2, 0.25) is 5.02 Å². The number of anilines is 1. The highest BCUT2D eigenvalue weighted by Crippen LogP contribution is 2.38. The van der Waals surface area contributed by atoms with Gasteiger partial charge in [-0.05, 0) is 105 Å². The predicted molar refractivity (Wildman–Crippen MR) is 150 cm³/mol. The minimum atomic E-state index is -3.83. The molecule has 1 aliphatic rings. The third-order valence-corrected chi connectivity index (χ3v) is 8.88. The van der Waals surface area contributed by atoms with Gasteiger partial charge in [0, 0.05) is 12.1 Å². The number of fused-ring (bicyclic) bond motifs is 1. The summed E-state index contributed by atoms with van der Waals surface area (Å²) in [7, 11) is -3.83. The molecule has 4 nitrogen and oxygen atoms in total. The zero-order valence-electron chi connectivity index (χ0n) is 21.6. The fraction of sp³-hybridized carbons (Fsp3) is 0.333. The Hall–Kier alpha value is -2.67. The molecule has 1 aliphatic heterocycles. The number of halogens is 2. The Morgan fingerprint density at radius 3 is 2.57 bits per heavy atom. The molecule has 0 saturated carbocycles. The highest BCUT2D eigenvalue weighted by Gasteiger charge is 2.34. The Labute approximate surface area is 224 Å². The third-order valence-electron chi connectivity index (χ3n) is 6.79. The van der Waals surface area contributed by atoms with E-state index in [-0.39, 0.29) is 10.8 Å². The molecule has 0 fully saturated rings. The molecule has 1 heterocycles. The van der Waals surface area contributed by atoms with Crippen molar-refractivity contribution in [2.45, 2.75) is 57.5 Å². The summed E-state index contributed by atoms with van der Waals surface area (Å²) < 4.78 is 43.8. The average molecular weight is 542 g/mol. The Kier molecular flexibility index (Phi) is 7.84. The SMILES string of the molecule is C/C(=C\c1ccc2c(c1)N(S(=O)(=O)c1cccc(C)c1)C[C@H](CCC(C)(C)O)C2)c1c(F)cccc1Cl. The molecule has 0 aliphatic carbocycles. The van der Waals surface area contributed by atoms with Crippen molar-refractivity contribution in [3.8, 4) is 0 Å². The second kappa shape index (κ2) is 10.6. The quantitative estimate of drug-likeness (QED) is 0.320. The largest absolute Gasteiger partial charge is 0.390 e. The molecular formula is C30H33ClFNO3S. The van der Waals surface area contributed by atoms with Crippen molar-refractivity contribution in [3.63, 3.8) is 0 Å². The van der Waals surface area contributed by atoms with Gasteiger partial charge in [-0.2, -0.15) is 0 Å². The van der Waals surface area contributed by atoms with E-state index in [1.165, 1.54) is 10.4 Å². The molecular weight excluding hydrogens is 509 g/mol. The van der Waals surface area contributed by atoms with Gasteiger partial charge in [-0.3, -0.25) is 4.31 Å². The number of aliphatic hydroxyl groups is 1. The molecule has 0 aromatic heterocycles. The van der Waals surface area contributed by atoms with Crippen LogP contribution in [0.25, 0.3) is 11.6 Å². The maximum Gasteiger partial charge on any atom is 0.264 e. The third kappa shape index (κ3) is 6.25. The smallest absolute Gasteiger partial charge is 0.264 e. The zero-order chi connectivity index (χ0) is 27.0. The lowest BCUT2D eigenvalue weighted by molar-refractivity contribution is 0.0637. The van der Waals surface area contributed by atoms with Crippen LogP contribution in [0, 0.1) is 18.7 Å². The molecule has 0 radical (unpaired) electrons. The second-order valence-electron chi connectivity index (χ2n) is 10.6. The molecule has 3 aromatic rings. The van der Waals surface area contributed by atoms with Gasteiger partial charge in [0.05, 0.1) is 21.2 Å². The van der Waals surface area contributed by atoms with Crippen LogP contribution in [0.4, 0.5) is 10.1 Å². The summed E-state index contributed by atoms with van der Waals surface area (Å²) >= 11 is 6.26. The first kappa shape index (κ1) is 27.4. The Morgan fingerprint density at radius 2 is 1.89 bits per heavy atom. The topological polar surface area (TPSA) is 57.6 Å². The second-order valence-corrected chi connectivity index (χ2v) is 12.9. The molecule has 3 aromatic carbocycles. The normalized spacial score (nSPS) is 16.6. The molecule has 0 saturated heterocycles. The van der Waals surface area contributed by atoms with E-state index in [1.54, 1.807) is 51.1 Å². The van der Waals surface area contributed by atoms with Gasteiger partial charge < -0.3 is 5.11 Å². The molecule has 4 rings (SSSR count). The van der Waals surface area contributed by atoms with Gasteiger partial charge in [-0.25, -0.2) is 12.8 Å². The zero-order valence-corrected chi connectivity index (χ0v) is 23.2. The first-order valence-electron chi connectivity index (χ1n) is 12.4. The monoisotopic (exact) mass is 541 g/mol. The van der Waals surface area contributed by atoms with Crippen molar-refractivity contribution >= 4 is 39.0 Å². The van der Waals surface area contributed by atoms with Crippen molar-refractivity contribution in [1.82, 2.24) is 0 Å². The van der Waals surface area contributed by atoms with E-state index in [0.29, 0.717) is 47.7 Å². The van der Waals surface area contributed by atoms with Crippen LogP contribution in [0.5, 0.6) is 0 Å². The highest BCUT2D eigenvalue weighted by molar-refractivity contribution is 7.92. The van der Waals surface area contributed by atoms with Gasteiger partial charge in [0.2, 0.25) is 0 Å². The van der Waals surface area contributed by atoms with Gasteiger partial charge in [0.15, 0.2) is 0 Å². The van der Waals surface area contributed by atoms with Crippen molar-refractivity contribution < 1.29 is 17.9 Å². The van der Waals surface area contributed by atoms with Crippen LogP contribution in [0.15, 0.2) is 65.6 Å². The molecule has 0 spiro atoms. The summed E-state index contributed by atoms with van der Waals surface area (Å²) in [6, 6.07) is 17.2. The number of rotatable bonds is 7. The van der Waals surface area contributed by atoms with Crippen LogP contribution in [-0.2, 0) is 16.4 Å². The van der Waals surface area contributed by atoms with Gasteiger partial charge >= 0.3 is 0 Å². The van der Waals surface area contributed by atoms with Gasteiger partial charge in [0.1, 0.15) is 5.82 Å². The average Bonchev–Trinajstić information content (AvgIpc) is 2.81. The van der Waals surface area contributed by atoms with Crippen molar-refractivity contribution in [3.05, 3.63) is 93.8 Å². The number of hydrogen-bond donors (Lipinski definition) is 1. The number of aryl methyl sites for hydroxylation is 1. The van der Waals surface area contributed by atoms with Gasteiger partial charge in [-0.15, -0.1) is 0 Å². The van der Waals surface area contributed by atoms with E-state index in [2.05, 4.69) is 0 Å². The molecule has 7 heteroatoms. The van der Waals surface area contributed by atoms with Crippen molar-refractivity contribution in [1.29, 1.82) is 0 Å². The standard InChI is InChI=1S/C30H33ClFNO3S/c1-20-7-5-8-25(15-20)37(35,36)33-19-23(13-14-30(3,4)34)17-24-12-11-22(18-28(24)33)16-21(2)29-26(31)9-6-10-27(29)32/h5-12,15-16,18,23,34H,13-14,17,19H2,1-4H3/b21-16+/t23-/m1/s1. The summed E-state index contributed by atoms with van der Waals surface area (Å²) in [6.45, 7) is 7.53. The fourth-order valence-corrected chi connectivity index (χ4v) is 6.85. The van der Waals surface area contributed by atoms with Crippen LogP contribution in [0.1, 0.15) is 55.9 Å².